The predicted molar refractivity (Wildman–Crippen MR) is 64.7 cm³/mol. The molecule has 0 bridgehead atoms. The molecule has 1 unspecified atom stereocenters. The number of aromatic nitrogens is 1. The molecule has 1 aromatic carbocycles. The quantitative estimate of drug-likeness (QED) is 0.578. The number of hydrogen-bond acceptors (Lipinski definition) is 4. The number of nitrogens with two attached hydrogens (primary N) is 1. The molecule has 0 saturated heterocycles. The van der Waals surface area contributed by atoms with Gasteiger partial charge in [0.25, 0.3) is 5.69 Å². The first kappa shape index (κ1) is 9.77. The standard InChI is InChI=1S/C12H11N4O/c13-8-4-5-9-11(7-8)16(17)12(15-9)10-3-1-2-6-14-10/h1-7,12,15H,13H2/q+1. The number of hydrogen-bond donors (Lipinski definition) is 2. The van der Waals surface area contributed by atoms with E-state index in [2.05, 4.69) is 10.3 Å². The fraction of sp³-hybridized carbons (Fsp3) is 0.0833. The van der Waals surface area contributed by atoms with Gasteiger partial charge in [0.05, 0.1) is 4.76 Å². The lowest BCUT2D eigenvalue weighted by molar-refractivity contribution is -0.496. The summed E-state index contributed by atoms with van der Waals surface area (Å²) in [6, 6.07) is 10.7. The van der Waals surface area contributed by atoms with Crippen molar-refractivity contribution in [2.75, 3.05) is 11.1 Å². The van der Waals surface area contributed by atoms with Gasteiger partial charge in [-0.3, -0.25) is 4.98 Å². The zero-order valence-electron chi connectivity index (χ0n) is 9.00. The van der Waals surface area contributed by atoms with Crippen LogP contribution in [0.2, 0.25) is 0 Å². The normalized spacial score (nSPS) is 17.6. The number of fused-ring (bicyclic) bond motifs is 1. The topological polar surface area (TPSA) is 71.0 Å². The molecule has 1 aromatic heterocycles. The Morgan fingerprint density at radius 1 is 1.29 bits per heavy atom. The highest BCUT2D eigenvalue weighted by Gasteiger charge is 2.40. The van der Waals surface area contributed by atoms with Crippen molar-refractivity contribution in [3.63, 3.8) is 0 Å². The number of nitrogens with zero attached hydrogens (tertiary/aromatic N) is 2. The van der Waals surface area contributed by atoms with Crippen LogP contribution in [-0.2, 0) is 0 Å². The molecule has 1 atom stereocenters. The number of rotatable bonds is 1. The molecule has 5 nitrogen and oxygen atoms in total. The van der Waals surface area contributed by atoms with Crippen LogP contribution in [0.1, 0.15) is 11.9 Å². The Morgan fingerprint density at radius 2 is 2.18 bits per heavy atom. The van der Waals surface area contributed by atoms with Crippen molar-refractivity contribution in [2.24, 2.45) is 0 Å². The van der Waals surface area contributed by atoms with E-state index < -0.39 is 6.17 Å². The van der Waals surface area contributed by atoms with Gasteiger partial charge in [-0.15, -0.1) is 0 Å². The van der Waals surface area contributed by atoms with Crippen molar-refractivity contribution in [1.29, 1.82) is 0 Å². The molecule has 2 aromatic rings. The second kappa shape index (κ2) is 3.55. The third-order valence-electron chi connectivity index (χ3n) is 2.75. The average molecular weight is 227 g/mol. The molecule has 5 heteroatoms. The van der Waals surface area contributed by atoms with E-state index >= 15 is 0 Å². The van der Waals surface area contributed by atoms with Crippen molar-refractivity contribution in [3.05, 3.63) is 53.2 Å². The summed E-state index contributed by atoms with van der Waals surface area (Å²) in [6.45, 7) is 0. The maximum absolute atomic E-state index is 12.1. The molecule has 0 amide bonds. The lowest BCUT2D eigenvalue weighted by Crippen LogP contribution is -2.14. The summed E-state index contributed by atoms with van der Waals surface area (Å²) in [5, 5.41) is 3.12. The first-order chi connectivity index (χ1) is 8.25. The van der Waals surface area contributed by atoms with Crippen molar-refractivity contribution in [2.45, 2.75) is 6.17 Å². The third kappa shape index (κ3) is 1.52. The fourth-order valence-electron chi connectivity index (χ4n) is 1.93. The largest absolute Gasteiger partial charge is 0.399 e. The molecular weight excluding hydrogens is 216 g/mol. The Kier molecular flexibility index (Phi) is 2.04. The summed E-state index contributed by atoms with van der Waals surface area (Å²) in [5.41, 5.74) is 8.28. The zero-order valence-corrected chi connectivity index (χ0v) is 9.00. The smallest absolute Gasteiger partial charge is 0.323 e. The van der Waals surface area contributed by atoms with Crippen LogP contribution in [0.4, 0.5) is 17.1 Å². The molecular formula is C12H11N4O+. The molecule has 0 spiro atoms. The molecule has 3 rings (SSSR count). The van der Waals surface area contributed by atoms with E-state index in [1.165, 1.54) is 0 Å². The summed E-state index contributed by atoms with van der Waals surface area (Å²) < 4.78 is 0.897. The highest BCUT2D eigenvalue weighted by atomic mass is 16.3. The lowest BCUT2D eigenvalue weighted by Gasteiger charge is -2.01. The highest BCUT2D eigenvalue weighted by Crippen LogP contribution is 2.39. The van der Waals surface area contributed by atoms with Crippen LogP contribution in [0.15, 0.2) is 42.6 Å². The van der Waals surface area contributed by atoms with Crippen molar-refractivity contribution >= 4 is 17.1 Å². The van der Waals surface area contributed by atoms with Crippen LogP contribution >= 0.6 is 0 Å². The van der Waals surface area contributed by atoms with Gasteiger partial charge in [-0.05, 0) is 24.3 Å². The van der Waals surface area contributed by atoms with Gasteiger partial charge in [-0.2, -0.15) is 0 Å². The minimum Gasteiger partial charge on any atom is -0.399 e. The number of nitrogen functional groups attached to an aromatic ring is 1. The molecule has 17 heavy (non-hydrogen) atoms. The molecule has 1 aliphatic heterocycles. The second-order valence-corrected chi connectivity index (χ2v) is 3.90. The third-order valence-corrected chi connectivity index (χ3v) is 2.75. The van der Waals surface area contributed by atoms with Crippen LogP contribution in [0.5, 0.6) is 0 Å². The van der Waals surface area contributed by atoms with Crippen LogP contribution in [-0.4, -0.2) is 9.74 Å². The predicted octanol–water partition coefficient (Wildman–Crippen LogP) is 2.20. The molecule has 0 saturated carbocycles. The Balaban J connectivity index is 2.02. The molecule has 0 radical (unpaired) electrons. The van der Waals surface area contributed by atoms with Gasteiger partial charge in [0.15, 0.2) is 0 Å². The van der Waals surface area contributed by atoms with Crippen molar-refractivity contribution in [1.82, 2.24) is 4.98 Å². The zero-order chi connectivity index (χ0) is 11.8. The summed E-state index contributed by atoms with van der Waals surface area (Å²) >= 11 is 0. The Hall–Kier alpha value is -2.43. The SMILES string of the molecule is Nc1ccc2c(c1)[N+](=O)C(c1ccccn1)N2. The van der Waals surface area contributed by atoms with Gasteiger partial charge in [0.1, 0.15) is 11.4 Å². The Bertz CT molecular complexity index is 582. The number of pyridine rings is 1. The van der Waals surface area contributed by atoms with Crippen LogP contribution in [0.25, 0.3) is 0 Å². The Morgan fingerprint density at radius 3 is 2.94 bits per heavy atom. The highest BCUT2D eigenvalue weighted by molar-refractivity contribution is 5.69. The van der Waals surface area contributed by atoms with E-state index in [1.54, 1.807) is 24.4 Å². The monoisotopic (exact) mass is 227 g/mol. The maximum Gasteiger partial charge on any atom is 0.323 e. The van der Waals surface area contributed by atoms with Crippen LogP contribution < -0.4 is 11.1 Å². The Labute approximate surface area is 97.9 Å². The van der Waals surface area contributed by atoms with Crippen molar-refractivity contribution in [3.8, 4) is 0 Å². The van der Waals surface area contributed by atoms with Gasteiger partial charge in [0.2, 0.25) is 0 Å². The van der Waals surface area contributed by atoms with Crippen LogP contribution in [0, 0.1) is 4.91 Å². The summed E-state index contributed by atoms with van der Waals surface area (Å²) in [5.74, 6) is 0. The van der Waals surface area contributed by atoms with Gasteiger partial charge in [-0.25, -0.2) is 0 Å². The van der Waals surface area contributed by atoms with Crippen LogP contribution in [0.3, 0.4) is 0 Å². The summed E-state index contributed by atoms with van der Waals surface area (Å²) in [6.07, 6.45) is 1.19. The van der Waals surface area contributed by atoms with E-state index in [9.17, 15) is 4.91 Å². The second-order valence-electron chi connectivity index (χ2n) is 3.90. The van der Waals surface area contributed by atoms with E-state index in [4.69, 9.17) is 5.73 Å². The number of benzene rings is 1. The van der Waals surface area contributed by atoms with Gasteiger partial charge >= 0.3 is 6.17 Å². The minimum absolute atomic E-state index is 0.479. The number of nitroso groups, excluding NO2 is 1. The van der Waals surface area contributed by atoms with Gasteiger partial charge in [0, 0.05) is 22.9 Å². The molecule has 0 aliphatic carbocycles. The van der Waals surface area contributed by atoms with Gasteiger partial charge in [-0.1, -0.05) is 6.07 Å². The van der Waals surface area contributed by atoms with Gasteiger partial charge < -0.3 is 11.1 Å². The molecule has 84 valence electrons. The molecule has 2 heterocycles. The summed E-state index contributed by atoms with van der Waals surface area (Å²) in [4.78, 5) is 16.3. The number of anilines is 2. The lowest BCUT2D eigenvalue weighted by atomic mass is 10.2. The average Bonchev–Trinajstić information content (AvgIpc) is 2.68. The van der Waals surface area contributed by atoms with E-state index in [-0.39, 0.29) is 0 Å². The first-order valence-corrected chi connectivity index (χ1v) is 5.29. The maximum atomic E-state index is 12.1. The molecule has 1 aliphatic rings. The van der Waals surface area contributed by atoms with Crippen molar-refractivity contribution < 1.29 is 4.76 Å². The molecule has 3 N–H and O–H groups in total. The minimum atomic E-state index is -0.479. The number of nitrogens with one attached hydrogen (secondary N) is 1. The van der Waals surface area contributed by atoms with E-state index in [0.717, 1.165) is 10.4 Å². The fourth-order valence-corrected chi connectivity index (χ4v) is 1.93. The van der Waals surface area contributed by atoms with E-state index in [1.807, 2.05) is 18.2 Å². The molecule has 0 fully saturated rings. The van der Waals surface area contributed by atoms with E-state index in [0.29, 0.717) is 17.1 Å². The summed E-state index contributed by atoms with van der Waals surface area (Å²) in [7, 11) is 0. The first-order valence-electron chi connectivity index (χ1n) is 5.29.